The molecule has 2 aromatic carbocycles. The van der Waals surface area contributed by atoms with Crippen molar-refractivity contribution in [3.05, 3.63) is 60.2 Å². The largest absolute Gasteiger partial charge is 0.473 e. The highest BCUT2D eigenvalue weighted by atomic mass is 35.5. The Labute approximate surface area is 150 Å². The predicted octanol–water partition coefficient (Wildman–Crippen LogP) is 4.42. The quantitative estimate of drug-likeness (QED) is 0.774. The Morgan fingerprint density at radius 2 is 1.54 bits per heavy atom. The molecule has 2 aromatic rings. The Hall–Kier alpha value is -2.04. The molecule has 0 amide bonds. The third-order valence-electron chi connectivity index (χ3n) is 2.83. The number of fused-ring (bicyclic) bond motifs is 1. The van der Waals surface area contributed by atoms with Crippen LogP contribution in [0.25, 0.3) is 0 Å². The number of nitrogens with two attached hydrogens (primary N) is 1. The van der Waals surface area contributed by atoms with Crippen molar-refractivity contribution < 1.29 is 9.53 Å². The molecule has 4 nitrogen and oxygen atoms in total. The summed E-state index contributed by atoms with van der Waals surface area (Å²) in [4.78, 5) is 11.4. The molecule has 132 valence electrons. The van der Waals surface area contributed by atoms with Gasteiger partial charge in [-0.2, -0.15) is 0 Å². The molecule has 0 saturated carbocycles. The zero-order chi connectivity index (χ0) is 18.4. The van der Waals surface area contributed by atoms with Gasteiger partial charge in [0.05, 0.1) is 0 Å². The van der Waals surface area contributed by atoms with E-state index < -0.39 is 0 Å². The molecule has 0 fully saturated rings. The van der Waals surface area contributed by atoms with Gasteiger partial charge in [-0.1, -0.05) is 50.2 Å². The first-order valence-electron chi connectivity index (χ1n) is 7.91. The van der Waals surface area contributed by atoms with Crippen molar-refractivity contribution in [3.63, 3.8) is 0 Å². The van der Waals surface area contributed by atoms with Gasteiger partial charge >= 0.3 is 0 Å². The summed E-state index contributed by atoms with van der Waals surface area (Å²) in [6.45, 7) is 6.84. The summed E-state index contributed by atoms with van der Waals surface area (Å²) >= 11 is 4.64. The molecule has 1 aliphatic heterocycles. The van der Waals surface area contributed by atoms with Gasteiger partial charge in [-0.3, -0.25) is 4.79 Å². The summed E-state index contributed by atoms with van der Waals surface area (Å²) in [5.41, 5.74) is 6.95. The maximum Gasteiger partial charge on any atom is 0.218 e. The van der Waals surface area contributed by atoms with Crippen molar-refractivity contribution in [2.75, 3.05) is 18.7 Å². The predicted molar refractivity (Wildman–Crippen MR) is 103 cm³/mol. The molecular weight excluding hydrogens is 324 g/mol. The van der Waals surface area contributed by atoms with Crippen LogP contribution >= 0.6 is 11.6 Å². The highest BCUT2D eigenvalue weighted by molar-refractivity contribution is 6.62. The first-order chi connectivity index (χ1) is 11.7. The van der Waals surface area contributed by atoms with Gasteiger partial charge < -0.3 is 15.4 Å². The van der Waals surface area contributed by atoms with E-state index in [1.807, 2.05) is 32.0 Å². The zero-order valence-electron chi connectivity index (χ0n) is 14.8. The summed E-state index contributed by atoms with van der Waals surface area (Å²) in [6, 6.07) is 18.6. The Morgan fingerprint density at radius 1 is 1.04 bits per heavy atom. The Kier molecular flexibility index (Phi) is 12.3. The minimum atomic E-state index is -0.361. The number of ether oxygens (including phenoxy) is 1. The van der Waals surface area contributed by atoms with Crippen LogP contribution in [0.5, 0.6) is 5.75 Å². The highest BCUT2D eigenvalue weighted by Gasteiger charge is 2.16. The average Bonchev–Trinajstić information content (AvgIpc) is 2.65. The van der Waals surface area contributed by atoms with Crippen LogP contribution in [0.15, 0.2) is 54.6 Å². The maximum absolute atomic E-state index is 9.21. The summed E-state index contributed by atoms with van der Waals surface area (Å²) in [5.74, 6) is 1.01. The first kappa shape index (κ1) is 22.0. The van der Waals surface area contributed by atoms with E-state index in [9.17, 15) is 4.79 Å². The Bertz CT molecular complexity index is 573. The molecule has 0 radical (unpaired) electrons. The van der Waals surface area contributed by atoms with E-state index in [1.165, 1.54) is 25.2 Å². The Balaban J connectivity index is 0.000000573. The fraction of sp³-hybridized carbons (Fsp3) is 0.316. The Morgan fingerprint density at radius 3 is 2.12 bits per heavy atom. The summed E-state index contributed by atoms with van der Waals surface area (Å²) in [7, 11) is 1.50. The lowest BCUT2D eigenvalue weighted by Crippen LogP contribution is -2.31. The van der Waals surface area contributed by atoms with Gasteiger partial charge in [-0.05, 0) is 36.8 Å². The van der Waals surface area contributed by atoms with Gasteiger partial charge in [0, 0.05) is 24.7 Å². The van der Waals surface area contributed by atoms with Crippen molar-refractivity contribution in [2.24, 2.45) is 5.73 Å². The van der Waals surface area contributed by atoms with Crippen LogP contribution < -0.4 is 15.4 Å². The van der Waals surface area contributed by atoms with E-state index in [0.717, 1.165) is 12.3 Å². The van der Waals surface area contributed by atoms with Crippen LogP contribution in [-0.2, 0) is 11.3 Å². The molecule has 1 aliphatic rings. The number of benzene rings is 2. The highest BCUT2D eigenvalue weighted by Crippen LogP contribution is 2.27. The van der Waals surface area contributed by atoms with Crippen molar-refractivity contribution in [1.82, 2.24) is 0 Å². The molecule has 0 bridgehead atoms. The normalized spacial score (nSPS) is 11.0. The SMILES string of the molecule is CC.CC(=O)Cl.CN.c1ccc(N2COc3ccccc3C2)cc1. The van der Waals surface area contributed by atoms with Crippen molar-refractivity contribution in [3.8, 4) is 5.75 Å². The lowest BCUT2D eigenvalue weighted by molar-refractivity contribution is -0.109. The standard InChI is InChI=1S/C14H13NO.C2H3ClO.C2H6.CH5N/c1-2-7-13(8-3-1)15-10-12-6-4-5-9-14(12)16-11-15;1-2(3)4;2*1-2/h1-9H,10-11H2;1H3;1-2H3;2H2,1H3. The fourth-order valence-corrected chi connectivity index (χ4v) is 1.98. The van der Waals surface area contributed by atoms with Gasteiger partial charge in [0.25, 0.3) is 0 Å². The molecule has 0 unspecified atom stereocenters. The minimum absolute atomic E-state index is 0.361. The molecule has 0 aromatic heterocycles. The second-order valence-corrected chi connectivity index (χ2v) is 4.92. The third kappa shape index (κ3) is 7.99. The van der Waals surface area contributed by atoms with Crippen LogP contribution in [0.3, 0.4) is 0 Å². The van der Waals surface area contributed by atoms with Crippen molar-refractivity contribution >= 4 is 22.5 Å². The molecular formula is C19H27ClN2O2. The molecule has 0 spiro atoms. The minimum Gasteiger partial charge on any atom is -0.473 e. The van der Waals surface area contributed by atoms with E-state index in [0.29, 0.717) is 6.73 Å². The number of para-hydroxylation sites is 2. The van der Waals surface area contributed by atoms with Crippen LogP contribution in [0.1, 0.15) is 26.3 Å². The molecule has 3 rings (SSSR count). The van der Waals surface area contributed by atoms with E-state index in [-0.39, 0.29) is 5.24 Å². The number of carbonyl (C=O) groups excluding carboxylic acids is 1. The number of hydrogen-bond acceptors (Lipinski definition) is 4. The second-order valence-electron chi connectivity index (χ2n) is 4.38. The van der Waals surface area contributed by atoms with E-state index >= 15 is 0 Å². The zero-order valence-corrected chi connectivity index (χ0v) is 15.6. The molecule has 5 heteroatoms. The number of hydrogen-bond donors (Lipinski definition) is 1. The maximum atomic E-state index is 9.21. The summed E-state index contributed by atoms with van der Waals surface area (Å²) in [5, 5.41) is -0.361. The fourth-order valence-electron chi connectivity index (χ4n) is 1.98. The molecule has 0 saturated heterocycles. The van der Waals surface area contributed by atoms with E-state index in [2.05, 4.69) is 58.6 Å². The molecule has 1 heterocycles. The monoisotopic (exact) mass is 350 g/mol. The molecule has 2 N–H and O–H groups in total. The lowest BCUT2D eigenvalue weighted by atomic mass is 10.1. The number of anilines is 1. The smallest absolute Gasteiger partial charge is 0.218 e. The number of halogens is 1. The molecule has 0 atom stereocenters. The summed E-state index contributed by atoms with van der Waals surface area (Å²) < 4.78 is 5.72. The van der Waals surface area contributed by atoms with Gasteiger partial charge in [0.2, 0.25) is 5.24 Å². The third-order valence-corrected chi connectivity index (χ3v) is 2.83. The first-order valence-corrected chi connectivity index (χ1v) is 8.29. The van der Waals surface area contributed by atoms with Crippen LogP contribution in [0, 0.1) is 0 Å². The molecule has 0 aliphatic carbocycles. The van der Waals surface area contributed by atoms with Crippen LogP contribution in [-0.4, -0.2) is 19.0 Å². The van der Waals surface area contributed by atoms with E-state index in [4.69, 9.17) is 4.74 Å². The van der Waals surface area contributed by atoms with Gasteiger partial charge in [0.15, 0.2) is 6.73 Å². The number of carbonyl (C=O) groups is 1. The van der Waals surface area contributed by atoms with E-state index in [1.54, 1.807) is 0 Å². The van der Waals surface area contributed by atoms with Crippen molar-refractivity contribution in [1.29, 1.82) is 0 Å². The van der Waals surface area contributed by atoms with Crippen LogP contribution in [0.4, 0.5) is 5.69 Å². The lowest BCUT2D eigenvalue weighted by Gasteiger charge is -2.30. The van der Waals surface area contributed by atoms with Gasteiger partial charge in [-0.15, -0.1) is 0 Å². The van der Waals surface area contributed by atoms with Gasteiger partial charge in [-0.25, -0.2) is 0 Å². The molecule has 24 heavy (non-hydrogen) atoms. The van der Waals surface area contributed by atoms with Crippen molar-refractivity contribution in [2.45, 2.75) is 27.3 Å². The summed E-state index contributed by atoms with van der Waals surface area (Å²) in [6.07, 6.45) is 0. The van der Waals surface area contributed by atoms with Crippen LogP contribution in [0.2, 0.25) is 0 Å². The topological polar surface area (TPSA) is 55.6 Å². The van der Waals surface area contributed by atoms with Gasteiger partial charge in [0.1, 0.15) is 5.75 Å². The number of rotatable bonds is 1. The average molecular weight is 351 g/mol. The second kappa shape index (κ2) is 13.4. The number of nitrogens with zero attached hydrogens (tertiary/aromatic N) is 1.